The van der Waals surface area contributed by atoms with Crippen molar-refractivity contribution in [1.82, 2.24) is 15.2 Å². The minimum absolute atomic E-state index is 0.303. The van der Waals surface area contributed by atoms with Gasteiger partial charge in [-0.15, -0.1) is 0 Å². The van der Waals surface area contributed by atoms with Crippen LogP contribution in [0, 0.1) is 0 Å². The molecule has 0 radical (unpaired) electrons. The zero-order chi connectivity index (χ0) is 18.5. The molecular formula is C23H25N3O. The molecule has 1 atom stereocenters. The normalized spacial score (nSPS) is 17.6. The van der Waals surface area contributed by atoms with Gasteiger partial charge in [-0.2, -0.15) is 0 Å². The average Bonchev–Trinajstić information content (AvgIpc) is 2.75. The number of methoxy groups -OCH3 is 1. The Morgan fingerprint density at radius 1 is 1.07 bits per heavy atom. The minimum atomic E-state index is 0.303. The number of ether oxygens (including phenoxy) is 1. The standard InChI is InChI=1S/C23H25N3O/c1-27-23-10-3-2-9-21(23)22-16-25-12-13-26(22)17-18-6-4-7-19(14-18)20-8-5-11-24-15-20/h2-11,14-15,22,25H,12-13,16-17H2,1H3. The van der Waals surface area contributed by atoms with Gasteiger partial charge in [-0.3, -0.25) is 9.88 Å². The molecule has 4 nitrogen and oxygen atoms in total. The number of piperazine rings is 1. The second-order valence-electron chi connectivity index (χ2n) is 6.87. The van der Waals surface area contributed by atoms with Crippen LogP contribution in [0.25, 0.3) is 11.1 Å². The average molecular weight is 359 g/mol. The topological polar surface area (TPSA) is 37.4 Å². The van der Waals surface area contributed by atoms with Gasteiger partial charge in [0.25, 0.3) is 0 Å². The van der Waals surface area contributed by atoms with Crippen LogP contribution in [-0.4, -0.2) is 36.6 Å². The molecule has 1 fully saturated rings. The molecule has 1 N–H and O–H groups in total. The van der Waals surface area contributed by atoms with E-state index in [2.05, 4.69) is 57.7 Å². The Hall–Kier alpha value is -2.69. The first kappa shape index (κ1) is 17.7. The van der Waals surface area contributed by atoms with Crippen molar-refractivity contribution in [2.24, 2.45) is 0 Å². The maximum atomic E-state index is 5.61. The van der Waals surface area contributed by atoms with Crippen molar-refractivity contribution in [2.75, 3.05) is 26.7 Å². The van der Waals surface area contributed by atoms with Crippen LogP contribution in [-0.2, 0) is 6.54 Å². The Labute approximate surface area is 160 Å². The van der Waals surface area contributed by atoms with Crippen molar-refractivity contribution >= 4 is 0 Å². The first-order valence-corrected chi connectivity index (χ1v) is 9.42. The molecule has 1 saturated heterocycles. The number of pyridine rings is 1. The first-order valence-electron chi connectivity index (χ1n) is 9.42. The highest BCUT2D eigenvalue weighted by atomic mass is 16.5. The second-order valence-corrected chi connectivity index (χ2v) is 6.87. The third kappa shape index (κ3) is 4.02. The lowest BCUT2D eigenvalue weighted by atomic mass is 10.00. The number of hydrogen-bond acceptors (Lipinski definition) is 4. The van der Waals surface area contributed by atoms with Crippen molar-refractivity contribution in [3.05, 3.63) is 84.2 Å². The van der Waals surface area contributed by atoms with E-state index in [0.29, 0.717) is 6.04 Å². The number of nitrogens with one attached hydrogen (secondary N) is 1. The fraction of sp³-hybridized carbons (Fsp3) is 0.261. The molecule has 4 rings (SSSR count). The van der Waals surface area contributed by atoms with Crippen LogP contribution in [0.2, 0.25) is 0 Å². The Morgan fingerprint density at radius 2 is 1.96 bits per heavy atom. The zero-order valence-electron chi connectivity index (χ0n) is 15.6. The molecule has 3 aromatic rings. The van der Waals surface area contributed by atoms with E-state index in [1.807, 2.05) is 30.6 Å². The molecule has 0 aliphatic carbocycles. The molecule has 0 bridgehead atoms. The van der Waals surface area contributed by atoms with Crippen LogP contribution in [0.4, 0.5) is 0 Å². The molecule has 1 unspecified atom stereocenters. The van der Waals surface area contributed by atoms with Gasteiger partial charge in [-0.1, -0.05) is 42.5 Å². The van der Waals surface area contributed by atoms with E-state index in [9.17, 15) is 0 Å². The Morgan fingerprint density at radius 3 is 2.81 bits per heavy atom. The zero-order valence-corrected chi connectivity index (χ0v) is 15.6. The van der Waals surface area contributed by atoms with Gasteiger partial charge in [0.2, 0.25) is 0 Å². The molecule has 2 heterocycles. The Bertz CT molecular complexity index is 882. The fourth-order valence-electron chi connectivity index (χ4n) is 3.80. The van der Waals surface area contributed by atoms with E-state index in [0.717, 1.165) is 37.5 Å². The summed E-state index contributed by atoms with van der Waals surface area (Å²) >= 11 is 0. The van der Waals surface area contributed by atoms with Gasteiger partial charge in [0.05, 0.1) is 13.2 Å². The molecule has 27 heavy (non-hydrogen) atoms. The maximum Gasteiger partial charge on any atom is 0.123 e. The number of rotatable bonds is 5. The van der Waals surface area contributed by atoms with Gasteiger partial charge in [0.1, 0.15) is 5.75 Å². The van der Waals surface area contributed by atoms with Crippen molar-refractivity contribution in [1.29, 1.82) is 0 Å². The summed E-state index contributed by atoms with van der Waals surface area (Å²) in [5.41, 5.74) is 4.93. The second kappa shape index (κ2) is 8.33. The van der Waals surface area contributed by atoms with Crippen LogP contribution in [0.15, 0.2) is 73.1 Å². The summed E-state index contributed by atoms with van der Waals surface area (Å²) in [4.78, 5) is 6.78. The van der Waals surface area contributed by atoms with E-state index in [1.54, 1.807) is 7.11 Å². The van der Waals surface area contributed by atoms with Crippen molar-refractivity contribution in [2.45, 2.75) is 12.6 Å². The van der Waals surface area contributed by atoms with Crippen LogP contribution in [0.3, 0.4) is 0 Å². The first-order chi connectivity index (χ1) is 13.3. The fourth-order valence-corrected chi connectivity index (χ4v) is 3.80. The third-order valence-electron chi connectivity index (χ3n) is 5.16. The largest absolute Gasteiger partial charge is 0.496 e. The lowest BCUT2D eigenvalue weighted by Crippen LogP contribution is -2.45. The smallest absolute Gasteiger partial charge is 0.123 e. The molecular weight excluding hydrogens is 334 g/mol. The molecule has 4 heteroatoms. The number of hydrogen-bond donors (Lipinski definition) is 1. The van der Waals surface area contributed by atoms with Crippen LogP contribution in [0.1, 0.15) is 17.2 Å². The van der Waals surface area contributed by atoms with Gasteiger partial charge < -0.3 is 10.1 Å². The Balaban J connectivity index is 1.59. The van der Waals surface area contributed by atoms with Crippen molar-refractivity contribution < 1.29 is 4.74 Å². The van der Waals surface area contributed by atoms with E-state index < -0.39 is 0 Å². The SMILES string of the molecule is COc1ccccc1C1CNCCN1Cc1cccc(-c2cccnc2)c1. The highest BCUT2D eigenvalue weighted by Crippen LogP contribution is 2.31. The van der Waals surface area contributed by atoms with Crippen LogP contribution < -0.4 is 10.1 Å². The van der Waals surface area contributed by atoms with Gasteiger partial charge in [0, 0.05) is 44.1 Å². The Kier molecular flexibility index (Phi) is 5.47. The highest BCUT2D eigenvalue weighted by Gasteiger charge is 2.26. The van der Waals surface area contributed by atoms with Crippen LogP contribution in [0.5, 0.6) is 5.75 Å². The highest BCUT2D eigenvalue weighted by molar-refractivity contribution is 5.62. The summed E-state index contributed by atoms with van der Waals surface area (Å²) in [6, 6.07) is 21.5. The summed E-state index contributed by atoms with van der Waals surface area (Å²) in [5, 5.41) is 3.53. The quantitative estimate of drug-likeness (QED) is 0.750. The maximum absolute atomic E-state index is 5.61. The summed E-state index contributed by atoms with van der Waals surface area (Å²) in [6.45, 7) is 3.87. The summed E-state index contributed by atoms with van der Waals surface area (Å²) in [5.74, 6) is 0.959. The number of aromatic nitrogens is 1. The van der Waals surface area contributed by atoms with Gasteiger partial charge in [-0.25, -0.2) is 0 Å². The molecule has 0 spiro atoms. The molecule has 0 amide bonds. The lowest BCUT2D eigenvalue weighted by molar-refractivity contribution is 0.151. The summed E-state index contributed by atoms with van der Waals surface area (Å²) in [7, 11) is 1.75. The minimum Gasteiger partial charge on any atom is -0.496 e. The monoisotopic (exact) mass is 359 g/mol. The van der Waals surface area contributed by atoms with Crippen LogP contribution >= 0.6 is 0 Å². The van der Waals surface area contributed by atoms with E-state index in [4.69, 9.17) is 4.74 Å². The summed E-state index contributed by atoms with van der Waals surface area (Å²) < 4.78 is 5.61. The van der Waals surface area contributed by atoms with Crippen molar-refractivity contribution in [3.8, 4) is 16.9 Å². The predicted molar refractivity (Wildman–Crippen MR) is 109 cm³/mol. The molecule has 2 aromatic carbocycles. The van der Waals surface area contributed by atoms with E-state index in [-0.39, 0.29) is 0 Å². The molecule has 1 aliphatic heterocycles. The van der Waals surface area contributed by atoms with E-state index in [1.165, 1.54) is 16.7 Å². The third-order valence-corrected chi connectivity index (χ3v) is 5.16. The molecule has 1 aliphatic rings. The summed E-state index contributed by atoms with van der Waals surface area (Å²) in [6.07, 6.45) is 3.73. The van der Waals surface area contributed by atoms with Crippen molar-refractivity contribution in [3.63, 3.8) is 0 Å². The lowest BCUT2D eigenvalue weighted by Gasteiger charge is -2.37. The number of nitrogens with zero attached hydrogens (tertiary/aromatic N) is 2. The number of benzene rings is 2. The van der Waals surface area contributed by atoms with Gasteiger partial charge in [-0.05, 0) is 34.9 Å². The predicted octanol–water partition coefficient (Wildman–Crippen LogP) is 3.90. The van der Waals surface area contributed by atoms with Gasteiger partial charge in [0.15, 0.2) is 0 Å². The molecule has 138 valence electrons. The van der Waals surface area contributed by atoms with Gasteiger partial charge >= 0.3 is 0 Å². The van der Waals surface area contributed by atoms with E-state index >= 15 is 0 Å². The molecule has 0 saturated carbocycles. The number of para-hydroxylation sites is 1. The molecule has 1 aromatic heterocycles.